The number of aromatic nitrogens is 2. The molecule has 0 spiro atoms. The molecule has 0 saturated heterocycles. The smallest absolute Gasteiger partial charge is 0.251 e. The summed E-state index contributed by atoms with van der Waals surface area (Å²) in [4.78, 5) is 11.6. The van der Waals surface area contributed by atoms with Crippen molar-refractivity contribution in [2.75, 3.05) is 5.32 Å². The van der Waals surface area contributed by atoms with Crippen LogP contribution in [0.5, 0.6) is 0 Å². The molecular weight excluding hydrogens is 304 g/mol. The van der Waals surface area contributed by atoms with E-state index in [4.69, 9.17) is 10.2 Å². The first-order valence-electron chi connectivity index (χ1n) is 7.62. The summed E-state index contributed by atoms with van der Waals surface area (Å²) in [6.45, 7) is 2.17. The molecule has 1 aromatic heterocycles. The van der Waals surface area contributed by atoms with E-state index in [-0.39, 0.29) is 0 Å². The second kappa shape index (κ2) is 6.95. The molecule has 0 aliphatic rings. The van der Waals surface area contributed by atoms with Crippen LogP contribution in [0.25, 0.3) is 0 Å². The van der Waals surface area contributed by atoms with Crippen LogP contribution >= 0.6 is 0 Å². The molecule has 6 heteroatoms. The Bertz CT molecular complexity index is 843. The van der Waals surface area contributed by atoms with Gasteiger partial charge in [0.25, 0.3) is 5.91 Å². The zero-order chi connectivity index (χ0) is 16.9. The van der Waals surface area contributed by atoms with Crippen molar-refractivity contribution in [1.82, 2.24) is 10.2 Å². The van der Waals surface area contributed by atoms with Crippen LogP contribution in [0, 0.1) is 6.92 Å². The molecule has 0 saturated carbocycles. The molecule has 24 heavy (non-hydrogen) atoms. The minimum atomic E-state index is -0.467. The molecule has 2 aromatic carbocycles. The minimum absolute atomic E-state index is 0.325. The second-order valence-corrected chi connectivity index (χ2v) is 5.47. The van der Waals surface area contributed by atoms with Gasteiger partial charge in [-0.2, -0.15) is 0 Å². The summed E-state index contributed by atoms with van der Waals surface area (Å²) < 4.78 is 5.64. The molecule has 0 aliphatic carbocycles. The first kappa shape index (κ1) is 15.7. The van der Waals surface area contributed by atoms with E-state index in [0.717, 1.165) is 11.1 Å². The number of benzene rings is 2. The van der Waals surface area contributed by atoms with Crippen LogP contribution < -0.4 is 11.1 Å². The zero-order valence-electron chi connectivity index (χ0n) is 13.3. The van der Waals surface area contributed by atoms with Gasteiger partial charge in [-0.25, -0.2) is 0 Å². The van der Waals surface area contributed by atoms with E-state index in [1.165, 1.54) is 0 Å². The first-order chi connectivity index (χ1) is 11.6. The number of nitrogens with zero attached hydrogens (tertiary/aromatic N) is 2. The highest BCUT2D eigenvalue weighted by atomic mass is 16.4. The summed E-state index contributed by atoms with van der Waals surface area (Å²) in [5.74, 6) is 0.543. The van der Waals surface area contributed by atoms with Crippen molar-refractivity contribution >= 4 is 11.6 Å². The molecule has 0 aliphatic heterocycles. The lowest BCUT2D eigenvalue weighted by molar-refractivity contribution is 0.100. The summed E-state index contributed by atoms with van der Waals surface area (Å²) in [5.41, 5.74) is 8.50. The maximum absolute atomic E-state index is 11.6. The Labute approximate surface area is 139 Å². The van der Waals surface area contributed by atoms with Crippen LogP contribution in [-0.4, -0.2) is 16.1 Å². The van der Waals surface area contributed by atoms with Crippen molar-refractivity contribution in [3.63, 3.8) is 0 Å². The third-order valence-corrected chi connectivity index (χ3v) is 3.66. The average Bonchev–Trinajstić information content (AvgIpc) is 3.01. The van der Waals surface area contributed by atoms with Crippen molar-refractivity contribution < 1.29 is 9.21 Å². The van der Waals surface area contributed by atoms with Crippen molar-refractivity contribution in [1.29, 1.82) is 0 Å². The molecule has 122 valence electrons. The molecule has 0 atom stereocenters. The van der Waals surface area contributed by atoms with Crippen LogP contribution in [0.15, 0.2) is 52.9 Å². The number of primary amides is 1. The fourth-order valence-corrected chi connectivity index (χ4v) is 2.51. The highest BCUT2D eigenvalue weighted by Gasteiger charge is 2.12. The van der Waals surface area contributed by atoms with Crippen LogP contribution in [0.4, 0.5) is 5.69 Å². The topological polar surface area (TPSA) is 94.0 Å². The first-order valence-corrected chi connectivity index (χ1v) is 7.62. The number of amides is 1. The SMILES string of the molecule is Cc1cccc(NCc2nnc(Cc3ccccc3)o2)c1C(N)=O. The van der Waals surface area contributed by atoms with Gasteiger partial charge in [0.1, 0.15) is 0 Å². The summed E-state index contributed by atoms with van der Waals surface area (Å²) in [7, 11) is 0. The van der Waals surface area contributed by atoms with Gasteiger partial charge >= 0.3 is 0 Å². The predicted molar refractivity (Wildman–Crippen MR) is 90.6 cm³/mol. The molecule has 0 radical (unpaired) electrons. The Morgan fingerprint density at radius 1 is 1.08 bits per heavy atom. The Balaban J connectivity index is 1.68. The molecule has 0 fully saturated rings. The molecule has 6 nitrogen and oxygen atoms in total. The molecule has 0 unspecified atom stereocenters. The molecule has 3 rings (SSSR count). The van der Waals surface area contributed by atoms with Gasteiger partial charge < -0.3 is 15.5 Å². The van der Waals surface area contributed by atoms with Crippen LogP contribution in [-0.2, 0) is 13.0 Å². The molecule has 3 N–H and O–H groups in total. The number of hydrogen-bond donors (Lipinski definition) is 2. The fourth-order valence-electron chi connectivity index (χ4n) is 2.51. The Hall–Kier alpha value is -3.15. The van der Waals surface area contributed by atoms with Gasteiger partial charge in [0.05, 0.1) is 18.5 Å². The normalized spacial score (nSPS) is 10.5. The van der Waals surface area contributed by atoms with E-state index < -0.39 is 5.91 Å². The van der Waals surface area contributed by atoms with Crippen molar-refractivity contribution in [2.24, 2.45) is 5.73 Å². The van der Waals surface area contributed by atoms with Crippen LogP contribution in [0.3, 0.4) is 0 Å². The highest BCUT2D eigenvalue weighted by molar-refractivity contribution is 5.99. The number of hydrogen-bond acceptors (Lipinski definition) is 5. The van der Waals surface area contributed by atoms with Crippen LogP contribution in [0.1, 0.15) is 33.3 Å². The second-order valence-electron chi connectivity index (χ2n) is 5.47. The standard InChI is InChI=1S/C18H18N4O2/c1-12-6-5-9-14(17(12)18(19)23)20-11-16-22-21-15(24-16)10-13-7-3-2-4-8-13/h2-9,20H,10-11H2,1H3,(H2,19,23). The summed E-state index contributed by atoms with van der Waals surface area (Å²) >= 11 is 0. The molecule has 0 bridgehead atoms. The lowest BCUT2D eigenvalue weighted by Crippen LogP contribution is -2.16. The minimum Gasteiger partial charge on any atom is -0.423 e. The van der Waals surface area contributed by atoms with Gasteiger partial charge in [0.15, 0.2) is 0 Å². The van der Waals surface area contributed by atoms with Gasteiger partial charge in [-0.3, -0.25) is 4.79 Å². The van der Waals surface area contributed by atoms with Gasteiger partial charge in [-0.05, 0) is 24.1 Å². The van der Waals surface area contributed by atoms with E-state index in [1.807, 2.05) is 49.4 Å². The maximum atomic E-state index is 11.6. The third kappa shape index (κ3) is 3.60. The molecule has 1 heterocycles. The maximum Gasteiger partial charge on any atom is 0.251 e. The molecular formula is C18H18N4O2. The Morgan fingerprint density at radius 2 is 1.83 bits per heavy atom. The largest absolute Gasteiger partial charge is 0.423 e. The lowest BCUT2D eigenvalue weighted by Gasteiger charge is -2.10. The van der Waals surface area contributed by atoms with E-state index in [1.54, 1.807) is 6.07 Å². The van der Waals surface area contributed by atoms with E-state index >= 15 is 0 Å². The van der Waals surface area contributed by atoms with Crippen molar-refractivity contribution in [3.8, 4) is 0 Å². The number of nitrogens with two attached hydrogens (primary N) is 1. The van der Waals surface area contributed by atoms with Crippen molar-refractivity contribution in [3.05, 3.63) is 77.0 Å². The highest BCUT2D eigenvalue weighted by Crippen LogP contribution is 2.19. The lowest BCUT2D eigenvalue weighted by atomic mass is 10.1. The fraction of sp³-hybridized carbons (Fsp3) is 0.167. The average molecular weight is 322 g/mol. The Kier molecular flexibility index (Phi) is 4.56. The Morgan fingerprint density at radius 3 is 2.58 bits per heavy atom. The van der Waals surface area contributed by atoms with Crippen molar-refractivity contribution in [2.45, 2.75) is 19.9 Å². The number of anilines is 1. The summed E-state index contributed by atoms with van der Waals surface area (Å²) in [5, 5.41) is 11.2. The van der Waals surface area contributed by atoms with Gasteiger partial charge in [-0.1, -0.05) is 42.5 Å². The summed E-state index contributed by atoms with van der Waals surface area (Å²) in [6.07, 6.45) is 0.588. The zero-order valence-corrected chi connectivity index (χ0v) is 13.3. The van der Waals surface area contributed by atoms with Crippen LogP contribution in [0.2, 0.25) is 0 Å². The number of rotatable bonds is 6. The van der Waals surface area contributed by atoms with Gasteiger partial charge in [0, 0.05) is 5.69 Å². The van der Waals surface area contributed by atoms with Gasteiger partial charge in [-0.15, -0.1) is 10.2 Å². The summed E-state index contributed by atoms with van der Waals surface area (Å²) in [6, 6.07) is 15.4. The molecule has 1 amide bonds. The number of nitrogens with one attached hydrogen (secondary N) is 1. The van der Waals surface area contributed by atoms with E-state index in [9.17, 15) is 4.79 Å². The third-order valence-electron chi connectivity index (χ3n) is 3.66. The van der Waals surface area contributed by atoms with E-state index in [2.05, 4.69) is 15.5 Å². The predicted octanol–water partition coefficient (Wildman–Crippen LogP) is 2.68. The molecule has 3 aromatic rings. The number of carbonyl (C=O) groups is 1. The number of aryl methyl sites for hydroxylation is 1. The van der Waals surface area contributed by atoms with E-state index in [0.29, 0.717) is 36.0 Å². The van der Waals surface area contributed by atoms with Gasteiger partial charge in [0.2, 0.25) is 11.8 Å². The number of carbonyl (C=O) groups excluding carboxylic acids is 1. The monoisotopic (exact) mass is 322 g/mol. The quantitative estimate of drug-likeness (QED) is 0.727.